The number of hydrogen-bond acceptors (Lipinski definition) is 8. The summed E-state index contributed by atoms with van der Waals surface area (Å²) in [5, 5.41) is 7.99. The molecule has 0 N–H and O–H groups in total. The Kier molecular flexibility index (Phi) is 5.15. The van der Waals surface area contributed by atoms with E-state index in [1.54, 1.807) is 19.3 Å². The lowest BCUT2D eigenvalue weighted by Crippen LogP contribution is -2.40. The van der Waals surface area contributed by atoms with Gasteiger partial charge in [0.05, 0.1) is 42.3 Å². The number of alkyl halides is 3. The molecule has 3 aromatic heterocycles. The zero-order valence-corrected chi connectivity index (χ0v) is 17.7. The van der Waals surface area contributed by atoms with Crippen molar-refractivity contribution in [1.29, 1.82) is 0 Å². The van der Waals surface area contributed by atoms with Gasteiger partial charge in [0.25, 0.3) is 0 Å². The quantitative estimate of drug-likeness (QED) is 0.606. The SMILES string of the molecule is Cc1cc([C@H]2CN(c3nc4nc(C)cnc4c([C@H]4C[C@H](C(F)(F)F)C4)n3)CCO2)cnn1. The second-order valence-corrected chi connectivity index (χ2v) is 8.44. The van der Waals surface area contributed by atoms with Gasteiger partial charge >= 0.3 is 6.18 Å². The van der Waals surface area contributed by atoms with Crippen molar-refractivity contribution in [3.05, 3.63) is 41.1 Å². The molecule has 1 atom stereocenters. The molecule has 5 rings (SSSR count). The first-order valence-corrected chi connectivity index (χ1v) is 10.5. The predicted octanol–water partition coefficient (Wildman–Crippen LogP) is 3.46. The number of halogens is 3. The highest BCUT2D eigenvalue weighted by atomic mass is 19.4. The summed E-state index contributed by atoms with van der Waals surface area (Å²) < 4.78 is 45.1. The summed E-state index contributed by atoms with van der Waals surface area (Å²) in [5.74, 6) is -1.17. The van der Waals surface area contributed by atoms with E-state index in [0.717, 1.165) is 11.3 Å². The highest BCUT2D eigenvalue weighted by Crippen LogP contribution is 2.50. The van der Waals surface area contributed by atoms with Gasteiger partial charge in [-0.15, -0.1) is 0 Å². The number of nitrogens with zero attached hydrogens (tertiary/aromatic N) is 7. The number of aromatic nitrogens is 6. The summed E-state index contributed by atoms with van der Waals surface area (Å²) in [5.41, 5.74) is 3.82. The molecule has 1 aliphatic carbocycles. The van der Waals surface area contributed by atoms with Crippen LogP contribution in [0.2, 0.25) is 0 Å². The molecule has 0 amide bonds. The number of anilines is 1. The first-order valence-electron chi connectivity index (χ1n) is 10.5. The van der Waals surface area contributed by atoms with E-state index in [1.165, 1.54) is 0 Å². The van der Waals surface area contributed by atoms with Crippen LogP contribution in [0.3, 0.4) is 0 Å². The van der Waals surface area contributed by atoms with E-state index in [0.29, 0.717) is 48.2 Å². The van der Waals surface area contributed by atoms with Crippen LogP contribution in [0.5, 0.6) is 0 Å². The van der Waals surface area contributed by atoms with Gasteiger partial charge in [0.1, 0.15) is 11.6 Å². The van der Waals surface area contributed by atoms with Gasteiger partial charge in [-0.05, 0) is 32.8 Å². The monoisotopic (exact) mass is 445 g/mol. The van der Waals surface area contributed by atoms with Gasteiger partial charge in [0, 0.05) is 24.2 Å². The van der Waals surface area contributed by atoms with Crippen molar-refractivity contribution < 1.29 is 17.9 Å². The minimum atomic E-state index is -4.18. The Balaban J connectivity index is 1.47. The second-order valence-electron chi connectivity index (χ2n) is 8.44. The van der Waals surface area contributed by atoms with Gasteiger partial charge in [0.2, 0.25) is 5.95 Å². The Hall–Kier alpha value is -2.95. The van der Waals surface area contributed by atoms with Crippen molar-refractivity contribution in [2.45, 2.75) is 44.9 Å². The number of hydrogen-bond donors (Lipinski definition) is 0. The molecule has 32 heavy (non-hydrogen) atoms. The molecule has 0 radical (unpaired) electrons. The van der Waals surface area contributed by atoms with Crippen molar-refractivity contribution in [3.63, 3.8) is 0 Å². The Morgan fingerprint density at radius 2 is 1.88 bits per heavy atom. The van der Waals surface area contributed by atoms with Crippen molar-refractivity contribution in [3.8, 4) is 0 Å². The summed E-state index contributed by atoms with van der Waals surface area (Å²) in [4.78, 5) is 20.2. The molecule has 0 unspecified atom stereocenters. The minimum absolute atomic E-state index is 0.0122. The highest BCUT2D eigenvalue weighted by Gasteiger charge is 2.49. The van der Waals surface area contributed by atoms with Crippen LogP contribution in [0.4, 0.5) is 19.1 Å². The third-order valence-corrected chi connectivity index (χ3v) is 6.05. The number of aryl methyl sites for hydroxylation is 2. The van der Waals surface area contributed by atoms with Crippen molar-refractivity contribution >= 4 is 17.1 Å². The lowest BCUT2D eigenvalue weighted by Gasteiger charge is -2.37. The topological polar surface area (TPSA) is 89.8 Å². The standard InChI is InChI=1S/C21H22F3N7O/c1-11-5-14(9-26-30-11)16-10-31(3-4-32-16)20-28-17(13-6-15(7-13)21(22,23)24)18-19(29-20)27-12(2)8-25-18/h5,8-9,13,15-16H,3-4,6-7,10H2,1-2H3/t13-,15-,16-/m1/s1. The van der Waals surface area contributed by atoms with Crippen molar-refractivity contribution in [2.75, 3.05) is 24.6 Å². The molecule has 1 saturated heterocycles. The summed E-state index contributed by atoms with van der Waals surface area (Å²) in [6, 6.07) is 1.92. The smallest absolute Gasteiger partial charge is 0.370 e. The lowest BCUT2D eigenvalue weighted by atomic mass is 9.72. The molecule has 1 aliphatic heterocycles. The molecule has 0 aromatic carbocycles. The minimum Gasteiger partial charge on any atom is -0.370 e. The summed E-state index contributed by atoms with van der Waals surface area (Å²) in [7, 11) is 0. The fourth-order valence-corrected chi connectivity index (χ4v) is 4.24. The molecule has 4 heterocycles. The summed E-state index contributed by atoms with van der Waals surface area (Å²) >= 11 is 0. The third kappa shape index (κ3) is 3.96. The average Bonchev–Trinajstić information content (AvgIpc) is 2.71. The number of ether oxygens (including phenoxy) is 1. The molecule has 168 valence electrons. The van der Waals surface area contributed by atoms with Gasteiger partial charge in [-0.25, -0.2) is 15.0 Å². The third-order valence-electron chi connectivity index (χ3n) is 6.05. The molecular formula is C21H22F3N7O. The van der Waals surface area contributed by atoms with E-state index < -0.39 is 12.1 Å². The van der Waals surface area contributed by atoms with Crippen LogP contribution < -0.4 is 4.90 Å². The van der Waals surface area contributed by atoms with Crippen LogP contribution in [0.25, 0.3) is 11.2 Å². The largest absolute Gasteiger partial charge is 0.391 e. The van der Waals surface area contributed by atoms with Crippen LogP contribution >= 0.6 is 0 Å². The molecule has 8 nitrogen and oxygen atoms in total. The molecular weight excluding hydrogens is 423 g/mol. The zero-order valence-electron chi connectivity index (χ0n) is 17.7. The molecule has 2 fully saturated rings. The Morgan fingerprint density at radius 1 is 1.06 bits per heavy atom. The van der Waals surface area contributed by atoms with E-state index in [-0.39, 0.29) is 24.9 Å². The summed E-state index contributed by atoms with van der Waals surface area (Å²) in [6.07, 6.45) is -1.12. The second kappa shape index (κ2) is 7.88. The zero-order chi connectivity index (χ0) is 22.5. The molecule has 0 spiro atoms. The lowest BCUT2D eigenvalue weighted by molar-refractivity contribution is -0.197. The highest BCUT2D eigenvalue weighted by molar-refractivity contribution is 5.74. The van der Waals surface area contributed by atoms with E-state index in [9.17, 15) is 13.2 Å². The van der Waals surface area contributed by atoms with Gasteiger partial charge in [-0.1, -0.05) is 0 Å². The van der Waals surface area contributed by atoms with E-state index in [4.69, 9.17) is 9.72 Å². The summed E-state index contributed by atoms with van der Waals surface area (Å²) in [6.45, 7) is 5.19. The average molecular weight is 445 g/mol. The van der Waals surface area contributed by atoms with E-state index >= 15 is 0 Å². The van der Waals surface area contributed by atoms with Crippen LogP contribution in [0.15, 0.2) is 18.5 Å². The first kappa shape index (κ1) is 20.9. The van der Waals surface area contributed by atoms with E-state index in [1.807, 2.05) is 17.9 Å². The van der Waals surface area contributed by atoms with Gasteiger partial charge in [-0.2, -0.15) is 28.4 Å². The predicted molar refractivity (Wildman–Crippen MR) is 109 cm³/mol. The molecule has 1 saturated carbocycles. The Labute approximate surface area is 182 Å². The Morgan fingerprint density at radius 3 is 2.62 bits per heavy atom. The maximum atomic E-state index is 13.1. The van der Waals surface area contributed by atoms with Gasteiger partial charge < -0.3 is 9.64 Å². The Bertz CT molecular complexity index is 1150. The van der Waals surface area contributed by atoms with Crippen LogP contribution in [-0.2, 0) is 4.74 Å². The maximum absolute atomic E-state index is 13.1. The number of morpholine rings is 1. The van der Waals surface area contributed by atoms with Gasteiger partial charge in [0.15, 0.2) is 5.65 Å². The van der Waals surface area contributed by atoms with E-state index in [2.05, 4.69) is 25.1 Å². The normalized spacial score (nSPS) is 23.9. The van der Waals surface area contributed by atoms with Gasteiger partial charge in [-0.3, -0.25) is 0 Å². The fraction of sp³-hybridized carbons (Fsp3) is 0.524. The van der Waals surface area contributed by atoms with Crippen LogP contribution in [0.1, 0.15) is 47.5 Å². The first-order chi connectivity index (χ1) is 15.3. The molecule has 2 aliphatic rings. The molecule has 11 heteroatoms. The number of fused-ring (bicyclic) bond motifs is 1. The fourth-order valence-electron chi connectivity index (χ4n) is 4.24. The maximum Gasteiger partial charge on any atom is 0.391 e. The van der Waals surface area contributed by atoms with Crippen molar-refractivity contribution in [1.82, 2.24) is 30.1 Å². The molecule has 3 aromatic rings. The number of rotatable bonds is 3. The van der Waals surface area contributed by atoms with Crippen molar-refractivity contribution in [2.24, 2.45) is 5.92 Å². The van der Waals surface area contributed by atoms with Crippen LogP contribution in [-0.4, -0.2) is 56.0 Å². The molecule has 0 bridgehead atoms. The van der Waals surface area contributed by atoms with Crippen LogP contribution in [0, 0.1) is 19.8 Å².